The Morgan fingerprint density at radius 2 is 1.61 bits per heavy atom. The summed E-state index contributed by atoms with van der Waals surface area (Å²) in [5.74, 6) is -0.365. The lowest BCUT2D eigenvalue weighted by molar-refractivity contribution is 0.00578. The number of fused-ring (bicyclic) bond motifs is 1. The van der Waals surface area contributed by atoms with Crippen LogP contribution in [0.4, 0.5) is 4.39 Å². The first-order chi connectivity index (χ1) is 14.4. The van der Waals surface area contributed by atoms with E-state index in [1.807, 2.05) is 65.1 Å². The van der Waals surface area contributed by atoms with Gasteiger partial charge in [0.2, 0.25) is 0 Å². The first kappa shape index (κ1) is 21.8. The average Bonchev–Trinajstić information content (AvgIpc) is 2.89. The zero-order valence-electron chi connectivity index (χ0n) is 19.2. The van der Waals surface area contributed by atoms with Crippen LogP contribution in [-0.4, -0.2) is 22.9 Å². The van der Waals surface area contributed by atoms with Gasteiger partial charge in [0.25, 0.3) is 5.56 Å². The van der Waals surface area contributed by atoms with Gasteiger partial charge in [0.1, 0.15) is 5.82 Å². The number of para-hydroxylation sites is 1. The monoisotopic (exact) mass is 421 g/mol. The molecule has 3 aromatic rings. The molecule has 1 saturated heterocycles. The number of aromatic nitrogens is 1. The van der Waals surface area contributed by atoms with Crippen LogP contribution in [0, 0.1) is 12.7 Å². The van der Waals surface area contributed by atoms with E-state index in [9.17, 15) is 4.79 Å². The van der Waals surface area contributed by atoms with Gasteiger partial charge in [0, 0.05) is 11.7 Å². The van der Waals surface area contributed by atoms with Crippen LogP contribution in [0.2, 0.25) is 0 Å². The SMILES string of the molecule is Cc1ccccc1-n1cc(C(C)C)c2cc(B3OC(C)(C)C(C)(C)O3)c(F)cc2c1=O. The zero-order valence-corrected chi connectivity index (χ0v) is 19.2. The van der Waals surface area contributed by atoms with Crippen molar-refractivity contribution in [3.05, 3.63) is 69.9 Å². The highest BCUT2D eigenvalue weighted by Crippen LogP contribution is 2.37. The molecule has 0 bridgehead atoms. The van der Waals surface area contributed by atoms with Gasteiger partial charge in [-0.3, -0.25) is 9.36 Å². The summed E-state index contributed by atoms with van der Waals surface area (Å²) in [7, 11) is -0.826. The minimum Gasteiger partial charge on any atom is -0.399 e. The fourth-order valence-corrected chi connectivity index (χ4v) is 4.03. The number of hydrogen-bond acceptors (Lipinski definition) is 3. The molecule has 1 aliphatic heterocycles. The second kappa shape index (κ2) is 7.32. The van der Waals surface area contributed by atoms with Crippen LogP contribution in [-0.2, 0) is 9.31 Å². The van der Waals surface area contributed by atoms with E-state index in [0.717, 1.165) is 22.2 Å². The predicted molar refractivity (Wildman–Crippen MR) is 124 cm³/mol. The van der Waals surface area contributed by atoms with E-state index in [-0.39, 0.29) is 11.5 Å². The van der Waals surface area contributed by atoms with Gasteiger partial charge in [-0.25, -0.2) is 4.39 Å². The summed E-state index contributed by atoms with van der Waals surface area (Å²) < 4.78 is 29.1. The molecule has 2 aromatic carbocycles. The van der Waals surface area contributed by atoms with E-state index < -0.39 is 24.1 Å². The second-order valence-electron chi connectivity index (χ2n) is 9.71. The number of hydrogen-bond donors (Lipinski definition) is 0. The molecule has 4 rings (SSSR count). The maximum atomic E-state index is 15.3. The Balaban J connectivity index is 1.95. The van der Waals surface area contributed by atoms with Crippen molar-refractivity contribution >= 4 is 23.4 Å². The molecule has 0 aliphatic carbocycles. The highest BCUT2D eigenvalue weighted by atomic mass is 19.1. The minimum atomic E-state index is -0.826. The molecular formula is C25H29BFNO3. The van der Waals surface area contributed by atoms with Crippen LogP contribution < -0.4 is 11.0 Å². The quantitative estimate of drug-likeness (QED) is 0.567. The number of rotatable bonds is 3. The molecule has 0 spiro atoms. The number of pyridine rings is 1. The lowest BCUT2D eigenvalue weighted by Gasteiger charge is -2.32. The Morgan fingerprint density at radius 1 is 1.00 bits per heavy atom. The molecular weight excluding hydrogens is 392 g/mol. The van der Waals surface area contributed by atoms with Crippen molar-refractivity contribution in [2.45, 2.75) is 65.6 Å². The summed E-state index contributed by atoms with van der Waals surface area (Å²) >= 11 is 0. The maximum absolute atomic E-state index is 15.3. The molecule has 162 valence electrons. The van der Waals surface area contributed by atoms with Gasteiger partial charge in [-0.05, 0) is 69.2 Å². The third-order valence-electron chi connectivity index (χ3n) is 6.67. The third kappa shape index (κ3) is 3.52. The van der Waals surface area contributed by atoms with Gasteiger partial charge < -0.3 is 9.31 Å². The van der Waals surface area contributed by atoms with E-state index >= 15 is 4.39 Å². The fourth-order valence-electron chi connectivity index (χ4n) is 4.03. The average molecular weight is 421 g/mol. The maximum Gasteiger partial charge on any atom is 0.497 e. The largest absolute Gasteiger partial charge is 0.497 e. The molecule has 31 heavy (non-hydrogen) atoms. The molecule has 2 heterocycles. The summed E-state index contributed by atoms with van der Waals surface area (Å²) in [6.07, 6.45) is 1.88. The predicted octanol–water partition coefficient (Wildman–Crippen LogP) is 4.86. The van der Waals surface area contributed by atoms with Gasteiger partial charge >= 0.3 is 7.12 Å². The Kier molecular flexibility index (Phi) is 5.14. The first-order valence-corrected chi connectivity index (χ1v) is 10.7. The van der Waals surface area contributed by atoms with Crippen LogP contribution in [0.3, 0.4) is 0 Å². The van der Waals surface area contributed by atoms with Crippen LogP contribution in [0.1, 0.15) is 58.6 Å². The van der Waals surface area contributed by atoms with Crippen molar-refractivity contribution in [3.8, 4) is 5.69 Å². The Morgan fingerprint density at radius 3 is 2.19 bits per heavy atom. The van der Waals surface area contributed by atoms with E-state index in [0.29, 0.717) is 10.8 Å². The second-order valence-corrected chi connectivity index (χ2v) is 9.71. The summed E-state index contributed by atoms with van der Waals surface area (Å²) in [5, 5.41) is 1.09. The smallest absolute Gasteiger partial charge is 0.399 e. The lowest BCUT2D eigenvalue weighted by Crippen LogP contribution is -2.41. The van der Waals surface area contributed by atoms with Gasteiger partial charge in [-0.2, -0.15) is 0 Å². The van der Waals surface area contributed by atoms with Crippen molar-refractivity contribution in [2.75, 3.05) is 0 Å². The van der Waals surface area contributed by atoms with E-state index in [1.165, 1.54) is 6.07 Å². The molecule has 0 N–H and O–H groups in total. The zero-order chi connectivity index (χ0) is 22.7. The van der Waals surface area contributed by atoms with Crippen molar-refractivity contribution < 1.29 is 13.7 Å². The molecule has 0 saturated carbocycles. The molecule has 0 atom stereocenters. The number of nitrogens with zero attached hydrogens (tertiary/aromatic N) is 1. The van der Waals surface area contributed by atoms with E-state index in [2.05, 4.69) is 13.8 Å². The molecule has 6 heteroatoms. The lowest BCUT2D eigenvalue weighted by atomic mass is 9.77. The molecule has 4 nitrogen and oxygen atoms in total. The molecule has 0 amide bonds. The highest BCUT2D eigenvalue weighted by Gasteiger charge is 2.52. The van der Waals surface area contributed by atoms with Crippen molar-refractivity contribution in [1.82, 2.24) is 4.57 Å². The Bertz CT molecular complexity index is 1210. The van der Waals surface area contributed by atoms with E-state index in [1.54, 1.807) is 10.6 Å². The number of benzene rings is 2. The number of aryl methyl sites for hydroxylation is 1. The van der Waals surface area contributed by atoms with Crippen molar-refractivity contribution in [1.29, 1.82) is 0 Å². The standard InChI is InChI=1S/C25H29BFNO3/c1-15(2)19-14-28(22-11-9-8-10-16(22)3)23(29)18-13-21(27)20(12-17(18)19)26-30-24(4,5)25(6,7)31-26/h8-15H,1-7H3. The van der Waals surface area contributed by atoms with Gasteiger partial charge in [0.05, 0.1) is 22.3 Å². The minimum absolute atomic E-state index is 0.134. The fraction of sp³-hybridized carbons (Fsp3) is 0.400. The Hall–Kier alpha value is -2.44. The molecule has 0 radical (unpaired) electrons. The van der Waals surface area contributed by atoms with Crippen LogP contribution >= 0.6 is 0 Å². The third-order valence-corrected chi connectivity index (χ3v) is 6.67. The van der Waals surface area contributed by atoms with Crippen LogP contribution in [0.15, 0.2) is 47.4 Å². The van der Waals surface area contributed by atoms with Gasteiger partial charge in [0.15, 0.2) is 0 Å². The molecule has 1 fully saturated rings. The number of halogens is 1. The highest BCUT2D eigenvalue weighted by molar-refractivity contribution is 6.62. The molecule has 1 aliphatic rings. The van der Waals surface area contributed by atoms with Crippen molar-refractivity contribution in [3.63, 3.8) is 0 Å². The normalized spacial score (nSPS) is 17.6. The topological polar surface area (TPSA) is 40.5 Å². The van der Waals surface area contributed by atoms with Crippen LogP contribution in [0.25, 0.3) is 16.5 Å². The first-order valence-electron chi connectivity index (χ1n) is 10.7. The van der Waals surface area contributed by atoms with Gasteiger partial charge in [-0.1, -0.05) is 38.1 Å². The van der Waals surface area contributed by atoms with Crippen LogP contribution in [0.5, 0.6) is 0 Å². The summed E-state index contributed by atoms with van der Waals surface area (Å²) in [4.78, 5) is 13.4. The van der Waals surface area contributed by atoms with Gasteiger partial charge in [-0.15, -0.1) is 0 Å². The summed E-state index contributed by atoms with van der Waals surface area (Å²) in [6.45, 7) is 13.8. The molecule has 1 aromatic heterocycles. The summed E-state index contributed by atoms with van der Waals surface area (Å²) in [5.41, 5.74) is 1.67. The molecule has 0 unspecified atom stereocenters. The van der Waals surface area contributed by atoms with Crippen molar-refractivity contribution in [2.24, 2.45) is 0 Å². The Labute approximate surface area is 183 Å². The van der Waals surface area contributed by atoms with E-state index in [4.69, 9.17) is 9.31 Å². The summed E-state index contributed by atoms with van der Waals surface area (Å²) in [6, 6.07) is 10.8.